The van der Waals surface area contributed by atoms with Gasteiger partial charge in [0.1, 0.15) is 0 Å². The highest BCUT2D eigenvalue weighted by Crippen LogP contribution is 2.26. The summed E-state index contributed by atoms with van der Waals surface area (Å²) in [5.41, 5.74) is 5.71. The lowest BCUT2D eigenvalue weighted by atomic mass is 10.1. The molecule has 3 rings (SSSR count). The summed E-state index contributed by atoms with van der Waals surface area (Å²) in [6, 6.07) is 6.11. The second-order valence-corrected chi connectivity index (χ2v) is 4.93. The van der Waals surface area contributed by atoms with Gasteiger partial charge in [-0.25, -0.2) is 15.0 Å². The average Bonchev–Trinajstić information content (AvgIpc) is 2.79. The summed E-state index contributed by atoms with van der Waals surface area (Å²) in [6.45, 7) is 1.97. The Labute approximate surface area is 107 Å². The van der Waals surface area contributed by atoms with Crippen molar-refractivity contribution in [2.75, 3.05) is 0 Å². The molecule has 0 fully saturated rings. The van der Waals surface area contributed by atoms with Gasteiger partial charge in [-0.1, -0.05) is 6.07 Å². The molecule has 2 aromatic heterocycles. The van der Waals surface area contributed by atoms with Gasteiger partial charge in [0.15, 0.2) is 0 Å². The largest absolute Gasteiger partial charge is 0.245 e. The molecular formula is C12H8ClN3S. The molecule has 0 N–H and O–H groups in total. The standard InChI is InChI=1S/C12H8ClN3S/c1-7-5-14-12(13)16-11(7)8-2-3-10-9(4-8)15-6-17-10/h2-6H,1H3. The number of aromatic nitrogens is 3. The predicted octanol–water partition coefficient (Wildman–Crippen LogP) is 3.72. The number of aryl methyl sites for hydroxylation is 1. The van der Waals surface area contributed by atoms with E-state index in [-0.39, 0.29) is 5.28 Å². The Kier molecular flexibility index (Phi) is 2.53. The van der Waals surface area contributed by atoms with E-state index >= 15 is 0 Å². The van der Waals surface area contributed by atoms with Crippen molar-refractivity contribution in [3.05, 3.63) is 40.8 Å². The summed E-state index contributed by atoms with van der Waals surface area (Å²) >= 11 is 7.46. The maximum absolute atomic E-state index is 5.83. The molecule has 84 valence electrons. The first-order chi connectivity index (χ1) is 8.24. The maximum Gasteiger partial charge on any atom is 0.222 e. The Morgan fingerprint density at radius 1 is 1.24 bits per heavy atom. The van der Waals surface area contributed by atoms with Gasteiger partial charge < -0.3 is 0 Å². The van der Waals surface area contributed by atoms with Crippen LogP contribution in [-0.2, 0) is 0 Å². The fourth-order valence-corrected chi connectivity index (χ4v) is 2.51. The lowest BCUT2D eigenvalue weighted by molar-refractivity contribution is 1.13. The van der Waals surface area contributed by atoms with Crippen molar-refractivity contribution in [2.45, 2.75) is 6.92 Å². The number of hydrogen-bond donors (Lipinski definition) is 0. The van der Waals surface area contributed by atoms with E-state index in [1.54, 1.807) is 17.5 Å². The highest BCUT2D eigenvalue weighted by molar-refractivity contribution is 7.16. The first-order valence-corrected chi connectivity index (χ1v) is 6.32. The number of thiazole rings is 1. The van der Waals surface area contributed by atoms with Crippen LogP contribution in [0.1, 0.15) is 5.56 Å². The van der Waals surface area contributed by atoms with Crippen molar-refractivity contribution in [2.24, 2.45) is 0 Å². The van der Waals surface area contributed by atoms with Crippen LogP contribution in [0.5, 0.6) is 0 Å². The third kappa shape index (κ3) is 1.90. The zero-order valence-electron chi connectivity index (χ0n) is 9.01. The predicted molar refractivity (Wildman–Crippen MR) is 70.4 cm³/mol. The van der Waals surface area contributed by atoms with Crippen molar-refractivity contribution >= 4 is 33.2 Å². The van der Waals surface area contributed by atoms with E-state index in [2.05, 4.69) is 21.0 Å². The molecule has 2 heterocycles. The zero-order chi connectivity index (χ0) is 11.8. The Balaban J connectivity index is 2.22. The fraction of sp³-hybridized carbons (Fsp3) is 0.0833. The summed E-state index contributed by atoms with van der Waals surface area (Å²) in [5, 5.41) is 0.268. The summed E-state index contributed by atoms with van der Waals surface area (Å²) in [5.74, 6) is 0. The van der Waals surface area contributed by atoms with Gasteiger partial charge >= 0.3 is 0 Å². The number of nitrogens with zero attached hydrogens (tertiary/aromatic N) is 3. The van der Waals surface area contributed by atoms with Crippen LogP contribution in [0.15, 0.2) is 29.9 Å². The first kappa shape index (κ1) is 10.6. The van der Waals surface area contributed by atoms with Gasteiger partial charge in [-0.15, -0.1) is 11.3 Å². The number of rotatable bonds is 1. The van der Waals surface area contributed by atoms with Gasteiger partial charge in [-0.2, -0.15) is 0 Å². The van der Waals surface area contributed by atoms with Gasteiger partial charge in [-0.05, 0) is 36.2 Å². The highest BCUT2D eigenvalue weighted by atomic mass is 35.5. The molecule has 0 saturated carbocycles. The molecule has 0 saturated heterocycles. The average molecular weight is 262 g/mol. The minimum atomic E-state index is 0.268. The van der Waals surface area contributed by atoms with Gasteiger partial charge in [-0.3, -0.25) is 0 Å². The van der Waals surface area contributed by atoms with Crippen LogP contribution in [0.25, 0.3) is 21.5 Å². The van der Waals surface area contributed by atoms with Gasteiger partial charge in [0, 0.05) is 11.8 Å². The van der Waals surface area contributed by atoms with Crippen molar-refractivity contribution in [3.8, 4) is 11.3 Å². The summed E-state index contributed by atoms with van der Waals surface area (Å²) < 4.78 is 1.17. The highest BCUT2D eigenvalue weighted by Gasteiger charge is 2.07. The maximum atomic E-state index is 5.83. The third-order valence-corrected chi connectivity index (χ3v) is 3.54. The summed E-state index contributed by atoms with van der Waals surface area (Å²) in [4.78, 5) is 12.5. The molecule has 5 heteroatoms. The van der Waals surface area contributed by atoms with Crippen LogP contribution in [0.4, 0.5) is 0 Å². The van der Waals surface area contributed by atoms with E-state index in [1.165, 1.54) is 4.70 Å². The van der Waals surface area contributed by atoms with Crippen molar-refractivity contribution < 1.29 is 0 Å². The van der Waals surface area contributed by atoms with Crippen LogP contribution in [0, 0.1) is 6.92 Å². The second-order valence-electron chi connectivity index (χ2n) is 3.71. The number of hydrogen-bond acceptors (Lipinski definition) is 4. The number of fused-ring (bicyclic) bond motifs is 1. The Bertz CT molecular complexity index is 693. The molecule has 0 radical (unpaired) electrons. The molecule has 0 spiro atoms. The van der Waals surface area contributed by atoms with E-state index in [0.717, 1.165) is 22.3 Å². The van der Waals surface area contributed by atoms with Crippen LogP contribution in [0.2, 0.25) is 5.28 Å². The third-order valence-electron chi connectivity index (χ3n) is 2.55. The van der Waals surface area contributed by atoms with E-state index in [0.29, 0.717) is 0 Å². The molecule has 0 unspecified atom stereocenters. The minimum Gasteiger partial charge on any atom is -0.245 e. The van der Waals surface area contributed by atoms with E-state index in [4.69, 9.17) is 11.6 Å². The van der Waals surface area contributed by atoms with Crippen LogP contribution >= 0.6 is 22.9 Å². The topological polar surface area (TPSA) is 38.7 Å². The number of benzene rings is 1. The second kappa shape index (κ2) is 4.05. The summed E-state index contributed by atoms with van der Waals surface area (Å²) in [7, 11) is 0. The minimum absolute atomic E-state index is 0.268. The molecule has 1 aromatic carbocycles. The normalized spacial score (nSPS) is 10.9. The quantitative estimate of drug-likeness (QED) is 0.627. The Hall–Kier alpha value is -1.52. The summed E-state index contributed by atoms with van der Waals surface area (Å²) in [6.07, 6.45) is 1.73. The molecule has 3 nitrogen and oxygen atoms in total. The smallest absolute Gasteiger partial charge is 0.222 e. The van der Waals surface area contributed by atoms with Crippen molar-refractivity contribution in [3.63, 3.8) is 0 Å². The van der Waals surface area contributed by atoms with Crippen LogP contribution in [-0.4, -0.2) is 15.0 Å². The van der Waals surface area contributed by atoms with Crippen LogP contribution < -0.4 is 0 Å². The first-order valence-electron chi connectivity index (χ1n) is 5.07. The van der Waals surface area contributed by atoms with E-state index < -0.39 is 0 Å². The molecule has 17 heavy (non-hydrogen) atoms. The Morgan fingerprint density at radius 3 is 3.00 bits per heavy atom. The number of halogens is 1. The lowest BCUT2D eigenvalue weighted by Crippen LogP contribution is -1.91. The molecule has 0 aliphatic heterocycles. The molecule has 0 atom stereocenters. The molecule has 3 aromatic rings. The molecule has 0 amide bonds. The van der Waals surface area contributed by atoms with E-state index in [1.807, 2.05) is 24.6 Å². The van der Waals surface area contributed by atoms with Crippen LogP contribution in [0.3, 0.4) is 0 Å². The zero-order valence-corrected chi connectivity index (χ0v) is 10.6. The monoisotopic (exact) mass is 261 g/mol. The molecule has 0 aliphatic carbocycles. The molecule has 0 bridgehead atoms. The van der Waals surface area contributed by atoms with Gasteiger partial charge in [0.25, 0.3) is 0 Å². The van der Waals surface area contributed by atoms with Gasteiger partial charge in [0.05, 0.1) is 21.4 Å². The fourth-order valence-electron chi connectivity index (χ4n) is 1.72. The lowest BCUT2D eigenvalue weighted by Gasteiger charge is -2.04. The van der Waals surface area contributed by atoms with Crippen molar-refractivity contribution in [1.29, 1.82) is 0 Å². The Morgan fingerprint density at radius 2 is 2.12 bits per heavy atom. The SMILES string of the molecule is Cc1cnc(Cl)nc1-c1ccc2scnc2c1. The van der Waals surface area contributed by atoms with Gasteiger partial charge in [0.2, 0.25) is 5.28 Å². The molecular weight excluding hydrogens is 254 g/mol. The van der Waals surface area contributed by atoms with Crippen molar-refractivity contribution in [1.82, 2.24) is 15.0 Å². The molecule has 0 aliphatic rings. The van der Waals surface area contributed by atoms with E-state index in [9.17, 15) is 0 Å².